The van der Waals surface area contributed by atoms with E-state index < -0.39 is 0 Å². The third-order valence-corrected chi connectivity index (χ3v) is 2.27. The van der Waals surface area contributed by atoms with Crippen LogP contribution in [-0.4, -0.2) is 44.3 Å². The van der Waals surface area contributed by atoms with Gasteiger partial charge in [0.25, 0.3) is 0 Å². The fraction of sp³-hybridized carbons (Fsp3) is 1.00. The lowest BCUT2D eigenvalue weighted by molar-refractivity contribution is 0.102. The molecule has 2 N–H and O–H groups in total. The van der Waals surface area contributed by atoms with Crippen LogP contribution in [0.2, 0.25) is 0 Å². The van der Waals surface area contributed by atoms with Gasteiger partial charge in [-0.25, -0.2) is 0 Å². The largest absolute Gasteiger partial charge is 0.380 e. The van der Waals surface area contributed by atoms with E-state index in [4.69, 9.17) is 10.5 Å². The highest BCUT2D eigenvalue weighted by Gasteiger charge is 2.20. The summed E-state index contributed by atoms with van der Waals surface area (Å²) in [6.45, 7) is 5.79. The van der Waals surface area contributed by atoms with E-state index in [1.54, 1.807) is 0 Å². The van der Waals surface area contributed by atoms with Crippen LogP contribution in [0, 0.1) is 5.92 Å². The highest BCUT2D eigenvalue weighted by molar-refractivity contribution is 4.72. The molecule has 3 nitrogen and oxygen atoms in total. The summed E-state index contributed by atoms with van der Waals surface area (Å²) in [6.07, 6.45) is 2.74. The molecule has 0 radical (unpaired) electrons. The molecule has 1 fully saturated rings. The average molecular weight is 186 g/mol. The van der Waals surface area contributed by atoms with Crippen LogP contribution in [0.25, 0.3) is 0 Å². The normalized spacial score (nSPS) is 19.4. The topological polar surface area (TPSA) is 38.5 Å². The van der Waals surface area contributed by atoms with Crippen LogP contribution < -0.4 is 5.73 Å². The van der Waals surface area contributed by atoms with E-state index in [2.05, 4.69) is 11.9 Å². The molecule has 0 amide bonds. The fourth-order valence-electron chi connectivity index (χ4n) is 1.34. The number of ether oxygens (including phenoxy) is 1. The lowest BCUT2D eigenvalue weighted by Gasteiger charge is -2.18. The third kappa shape index (κ3) is 6.02. The summed E-state index contributed by atoms with van der Waals surface area (Å²) in [7, 11) is 2.09. The summed E-state index contributed by atoms with van der Waals surface area (Å²) in [5.41, 5.74) is 5.67. The smallest absolute Gasteiger partial charge is 0.0593 e. The molecule has 1 atom stereocenters. The second-order valence-electron chi connectivity index (χ2n) is 4.26. The van der Waals surface area contributed by atoms with Gasteiger partial charge in [-0.05, 0) is 32.7 Å². The Balaban J connectivity index is 1.85. The zero-order chi connectivity index (χ0) is 9.68. The first-order chi connectivity index (χ1) is 6.18. The minimum absolute atomic E-state index is 0.258. The molecule has 1 aliphatic rings. The predicted molar refractivity (Wildman–Crippen MR) is 54.7 cm³/mol. The van der Waals surface area contributed by atoms with Crippen LogP contribution in [-0.2, 0) is 4.74 Å². The molecule has 0 aromatic carbocycles. The second-order valence-corrected chi connectivity index (χ2v) is 4.26. The van der Waals surface area contributed by atoms with Gasteiger partial charge < -0.3 is 15.4 Å². The molecule has 3 heteroatoms. The first-order valence-corrected chi connectivity index (χ1v) is 5.20. The molecule has 0 aliphatic heterocycles. The quantitative estimate of drug-likeness (QED) is 0.595. The van der Waals surface area contributed by atoms with Gasteiger partial charge >= 0.3 is 0 Å². The molecule has 0 aromatic heterocycles. The van der Waals surface area contributed by atoms with Gasteiger partial charge in [0.05, 0.1) is 6.61 Å². The Bertz CT molecular complexity index is 135. The van der Waals surface area contributed by atoms with Crippen LogP contribution in [0.4, 0.5) is 0 Å². The molecule has 78 valence electrons. The first kappa shape index (κ1) is 11.0. The Morgan fingerprint density at radius 2 is 2.23 bits per heavy atom. The van der Waals surface area contributed by atoms with E-state index >= 15 is 0 Å². The minimum atomic E-state index is 0.258. The van der Waals surface area contributed by atoms with Gasteiger partial charge in [-0.3, -0.25) is 0 Å². The van der Waals surface area contributed by atoms with Crippen LogP contribution in [0.15, 0.2) is 0 Å². The summed E-state index contributed by atoms with van der Waals surface area (Å²) in [6, 6.07) is 0.258. The van der Waals surface area contributed by atoms with Crippen molar-refractivity contribution in [2.45, 2.75) is 25.8 Å². The lowest BCUT2D eigenvalue weighted by Crippen LogP contribution is -2.34. The second kappa shape index (κ2) is 5.58. The Labute approximate surface area is 81.2 Å². The number of likely N-dealkylation sites (N-methyl/N-ethyl adjacent to an activating group) is 1. The number of nitrogens with two attached hydrogens (primary N) is 1. The SMILES string of the molecule is CC(N)CN(C)CCOCC1CC1. The third-order valence-electron chi connectivity index (χ3n) is 2.27. The fourth-order valence-corrected chi connectivity index (χ4v) is 1.34. The van der Waals surface area contributed by atoms with Gasteiger partial charge in [0.15, 0.2) is 0 Å². The van der Waals surface area contributed by atoms with Crippen LogP contribution in [0.3, 0.4) is 0 Å². The molecule has 0 spiro atoms. The van der Waals surface area contributed by atoms with Crippen molar-refractivity contribution in [3.05, 3.63) is 0 Å². The summed E-state index contributed by atoms with van der Waals surface area (Å²) in [4.78, 5) is 2.22. The Kier molecular flexibility index (Phi) is 4.70. The van der Waals surface area contributed by atoms with E-state index in [-0.39, 0.29) is 6.04 Å². The number of hydrogen-bond acceptors (Lipinski definition) is 3. The minimum Gasteiger partial charge on any atom is -0.380 e. The molecular formula is C10H22N2O. The summed E-state index contributed by atoms with van der Waals surface area (Å²) < 4.78 is 5.53. The maximum absolute atomic E-state index is 5.67. The van der Waals surface area contributed by atoms with Gasteiger partial charge in [0.1, 0.15) is 0 Å². The zero-order valence-electron chi connectivity index (χ0n) is 8.83. The molecule has 13 heavy (non-hydrogen) atoms. The van der Waals surface area contributed by atoms with E-state index in [1.165, 1.54) is 12.8 Å². The Morgan fingerprint density at radius 1 is 1.54 bits per heavy atom. The summed E-state index contributed by atoms with van der Waals surface area (Å²) >= 11 is 0. The Morgan fingerprint density at radius 3 is 2.77 bits per heavy atom. The molecule has 0 saturated heterocycles. The van der Waals surface area contributed by atoms with Crippen LogP contribution >= 0.6 is 0 Å². The molecule has 1 aliphatic carbocycles. The number of nitrogens with zero attached hydrogens (tertiary/aromatic N) is 1. The molecule has 1 saturated carbocycles. The van der Waals surface area contributed by atoms with E-state index in [0.29, 0.717) is 0 Å². The lowest BCUT2D eigenvalue weighted by atomic mass is 10.3. The zero-order valence-corrected chi connectivity index (χ0v) is 8.83. The van der Waals surface area contributed by atoms with Crippen molar-refractivity contribution in [2.75, 3.05) is 33.4 Å². The van der Waals surface area contributed by atoms with E-state index in [9.17, 15) is 0 Å². The maximum Gasteiger partial charge on any atom is 0.0593 e. The van der Waals surface area contributed by atoms with Gasteiger partial charge in [-0.2, -0.15) is 0 Å². The van der Waals surface area contributed by atoms with Crippen molar-refractivity contribution in [1.29, 1.82) is 0 Å². The van der Waals surface area contributed by atoms with Gasteiger partial charge in [-0.15, -0.1) is 0 Å². The Hall–Kier alpha value is -0.120. The van der Waals surface area contributed by atoms with Crippen LogP contribution in [0.5, 0.6) is 0 Å². The maximum atomic E-state index is 5.67. The molecule has 0 bridgehead atoms. The van der Waals surface area contributed by atoms with Crippen molar-refractivity contribution in [2.24, 2.45) is 11.7 Å². The van der Waals surface area contributed by atoms with Gasteiger partial charge in [0.2, 0.25) is 0 Å². The van der Waals surface area contributed by atoms with E-state index in [0.717, 1.165) is 32.2 Å². The molecule has 0 aromatic rings. The summed E-state index contributed by atoms with van der Waals surface area (Å²) in [5, 5.41) is 0. The van der Waals surface area contributed by atoms with Crippen molar-refractivity contribution in [3.8, 4) is 0 Å². The van der Waals surface area contributed by atoms with Crippen molar-refractivity contribution in [3.63, 3.8) is 0 Å². The van der Waals surface area contributed by atoms with E-state index in [1.807, 2.05) is 6.92 Å². The molecular weight excluding hydrogens is 164 g/mol. The van der Waals surface area contributed by atoms with Crippen molar-refractivity contribution in [1.82, 2.24) is 4.90 Å². The molecule has 1 rings (SSSR count). The number of rotatable bonds is 7. The number of hydrogen-bond donors (Lipinski definition) is 1. The monoisotopic (exact) mass is 186 g/mol. The molecule has 0 heterocycles. The standard InChI is InChI=1S/C10H22N2O/c1-9(11)7-12(2)5-6-13-8-10-3-4-10/h9-10H,3-8,11H2,1-2H3. The highest BCUT2D eigenvalue weighted by Crippen LogP contribution is 2.28. The van der Waals surface area contributed by atoms with Crippen molar-refractivity contribution < 1.29 is 4.74 Å². The van der Waals surface area contributed by atoms with Gasteiger partial charge in [-0.1, -0.05) is 0 Å². The average Bonchev–Trinajstić information content (AvgIpc) is 2.80. The summed E-state index contributed by atoms with van der Waals surface area (Å²) in [5.74, 6) is 0.874. The predicted octanol–water partition coefficient (Wildman–Crippen LogP) is 0.692. The van der Waals surface area contributed by atoms with Gasteiger partial charge in [0, 0.05) is 25.7 Å². The van der Waals surface area contributed by atoms with Crippen molar-refractivity contribution >= 4 is 0 Å². The van der Waals surface area contributed by atoms with Crippen LogP contribution in [0.1, 0.15) is 19.8 Å². The molecule has 1 unspecified atom stereocenters. The highest BCUT2D eigenvalue weighted by atomic mass is 16.5. The first-order valence-electron chi connectivity index (χ1n) is 5.20.